The van der Waals surface area contributed by atoms with E-state index in [2.05, 4.69) is 61.8 Å². The van der Waals surface area contributed by atoms with Crippen LogP contribution in [0, 0.1) is 6.92 Å². The van der Waals surface area contributed by atoms with Crippen LogP contribution < -0.4 is 0 Å². The predicted molar refractivity (Wildman–Crippen MR) is 86.9 cm³/mol. The molecule has 0 aliphatic carbocycles. The van der Waals surface area contributed by atoms with Crippen LogP contribution in [0.15, 0.2) is 36.9 Å². The van der Waals surface area contributed by atoms with Crippen LogP contribution in [0.3, 0.4) is 0 Å². The molecule has 0 fully saturated rings. The zero-order valence-corrected chi connectivity index (χ0v) is 13.3. The van der Waals surface area contributed by atoms with Crippen molar-refractivity contribution in [2.45, 2.75) is 32.7 Å². The minimum atomic E-state index is -0.0859. The van der Waals surface area contributed by atoms with E-state index < -0.39 is 0 Å². The van der Waals surface area contributed by atoms with Gasteiger partial charge in [-0.15, -0.1) is 6.58 Å². The number of aromatic nitrogens is 2. The molecule has 4 heteroatoms. The second-order valence-corrected chi connectivity index (χ2v) is 6.11. The molecule has 1 amide bonds. The number of hydrogen-bond donors (Lipinski definition) is 1. The van der Waals surface area contributed by atoms with Gasteiger partial charge in [0, 0.05) is 17.8 Å². The number of amides is 1. The molecule has 0 bridgehead atoms. The molecular weight excluding hydrogens is 274 g/mol. The molecule has 1 atom stereocenters. The Morgan fingerprint density at radius 1 is 1.36 bits per heavy atom. The zero-order chi connectivity index (χ0) is 15.9. The first-order valence-corrected chi connectivity index (χ1v) is 7.61. The number of nitrogens with one attached hydrogen (secondary N) is 1. The Kier molecular flexibility index (Phi) is 3.61. The minimum Gasteiger partial charge on any atom is -0.322 e. The molecule has 1 aliphatic heterocycles. The fourth-order valence-corrected chi connectivity index (χ4v) is 3.08. The Morgan fingerprint density at radius 3 is 2.64 bits per heavy atom. The summed E-state index contributed by atoms with van der Waals surface area (Å²) in [7, 11) is 0. The van der Waals surface area contributed by atoms with Gasteiger partial charge in [0.2, 0.25) is 0 Å². The molecule has 0 spiro atoms. The maximum absolute atomic E-state index is 12.7. The van der Waals surface area contributed by atoms with Crippen molar-refractivity contribution >= 4 is 5.91 Å². The standard InChI is InChI=1S/C18H21N3O/c1-5-10-21-17(13-8-6-12(4)7-9-13)14-15(11(2)3)19-20-16(14)18(21)22/h5-9,11,17H,1,10H2,2-4H3,(H,19,20). The third-order valence-corrected chi connectivity index (χ3v) is 4.18. The van der Waals surface area contributed by atoms with Gasteiger partial charge in [-0.2, -0.15) is 5.10 Å². The van der Waals surface area contributed by atoms with Gasteiger partial charge in [0.1, 0.15) is 0 Å². The van der Waals surface area contributed by atoms with E-state index in [0.717, 1.165) is 16.8 Å². The van der Waals surface area contributed by atoms with E-state index >= 15 is 0 Å². The lowest BCUT2D eigenvalue weighted by molar-refractivity contribution is 0.0764. The molecular formula is C18H21N3O. The lowest BCUT2D eigenvalue weighted by Gasteiger charge is -2.25. The van der Waals surface area contributed by atoms with E-state index in [1.807, 2.05) is 4.90 Å². The fourth-order valence-electron chi connectivity index (χ4n) is 3.08. The second kappa shape index (κ2) is 5.44. The second-order valence-electron chi connectivity index (χ2n) is 6.11. The van der Waals surface area contributed by atoms with E-state index in [4.69, 9.17) is 0 Å². The number of carbonyl (C=O) groups is 1. The Hall–Kier alpha value is -2.36. The lowest BCUT2D eigenvalue weighted by atomic mass is 9.94. The highest BCUT2D eigenvalue weighted by Crippen LogP contribution is 2.41. The van der Waals surface area contributed by atoms with Crippen molar-refractivity contribution < 1.29 is 4.79 Å². The number of H-pyrrole nitrogens is 1. The van der Waals surface area contributed by atoms with E-state index in [0.29, 0.717) is 18.2 Å². The molecule has 3 rings (SSSR count). The molecule has 4 nitrogen and oxygen atoms in total. The van der Waals surface area contributed by atoms with Crippen LogP contribution in [0.5, 0.6) is 0 Å². The van der Waals surface area contributed by atoms with Crippen molar-refractivity contribution in [2.75, 3.05) is 6.54 Å². The summed E-state index contributed by atoms with van der Waals surface area (Å²) in [5, 5.41) is 7.33. The quantitative estimate of drug-likeness (QED) is 0.877. The summed E-state index contributed by atoms with van der Waals surface area (Å²) in [6.07, 6.45) is 1.77. The number of aryl methyl sites for hydroxylation is 1. The van der Waals surface area contributed by atoms with Crippen molar-refractivity contribution in [3.8, 4) is 0 Å². The van der Waals surface area contributed by atoms with E-state index in [9.17, 15) is 4.79 Å². The number of rotatable bonds is 4. The van der Waals surface area contributed by atoms with Crippen LogP contribution in [0.1, 0.15) is 58.7 Å². The van der Waals surface area contributed by atoms with Crippen molar-refractivity contribution in [1.29, 1.82) is 0 Å². The molecule has 1 N–H and O–H groups in total. The molecule has 1 aromatic heterocycles. The molecule has 0 radical (unpaired) electrons. The average Bonchev–Trinajstić information content (AvgIpc) is 3.02. The van der Waals surface area contributed by atoms with Crippen LogP contribution in [0.2, 0.25) is 0 Å². The first kappa shape index (κ1) is 14.6. The van der Waals surface area contributed by atoms with Gasteiger partial charge in [-0.1, -0.05) is 49.8 Å². The summed E-state index contributed by atoms with van der Waals surface area (Å²) in [6.45, 7) is 10.6. The molecule has 22 heavy (non-hydrogen) atoms. The third kappa shape index (κ3) is 2.15. The Bertz CT molecular complexity index is 712. The third-order valence-electron chi connectivity index (χ3n) is 4.18. The van der Waals surface area contributed by atoms with Gasteiger partial charge >= 0.3 is 0 Å². The summed E-state index contributed by atoms with van der Waals surface area (Å²) in [6, 6.07) is 8.26. The maximum atomic E-state index is 12.7. The summed E-state index contributed by atoms with van der Waals surface area (Å²) < 4.78 is 0. The predicted octanol–water partition coefficient (Wildman–Crippen LogP) is 3.57. The molecule has 1 aromatic carbocycles. The van der Waals surface area contributed by atoms with Gasteiger partial charge in [0.25, 0.3) is 5.91 Å². The van der Waals surface area contributed by atoms with Gasteiger partial charge < -0.3 is 4.90 Å². The number of fused-ring (bicyclic) bond motifs is 1. The highest BCUT2D eigenvalue weighted by molar-refractivity contribution is 5.98. The van der Waals surface area contributed by atoms with Crippen LogP contribution >= 0.6 is 0 Å². The highest BCUT2D eigenvalue weighted by Gasteiger charge is 2.41. The Morgan fingerprint density at radius 2 is 2.05 bits per heavy atom. The van der Waals surface area contributed by atoms with Crippen molar-refractivity contribution in [3.05, 3.63) is 65.0 Å². The number of carbonyl (C=O) groups excluding carboxylic acids is 1. The molecule has 2 heterocycles. The van der Waals surface area contributed by atoms with Gasteiger partial charge in [0.15, 0.2) is 5.69 Å². The molecule has 2 aromatic rings. The topological polar surface area (TPSA) is 49.0 Å². The van der Waals surface area contributed by atoms with Crippen molar-refractivity contribution in [3.63, 3.8) is 0 Å². The zero-order valence-electron chi connectivity index (χ0n) is 13.3. The van der Waals surface area contributed by atoms with Crippen LogP contribution in [-0.2, 0) is 0 Å². The molecule has 1 aliphatic rings. The van der Waals surface area contributed by atoms with Gasteiger partial charge in [-0.3, -0.25) is 9.89 Å². The lowest BCUT2D eigenvalue weighted by Crippen LogP contribution is -2.29. The summed E-state index contributed by atoms with van der Waals surface area (Å²) in [5.41, 5.74) is 4.94. The number of hydrogen-bond acceptors (Lipinski definition) is 2. The number of aromatic amines is 1. The molecule has 0 saturated carbocycles. The van der Waals surface area contributed by atoms with Gasteiger partial charge in [-0.25, -0.2) is 0 Å². The van der Waals surface area contributed by atoms with Crippen molar-refractivity contribution in [2.24, 2.45) is 0 Å². The highest BCUT2D eigenvalue weighted by atomic mass is 16.2. The molecule has 1 unspecified atom stereocenters. The van der Waals surface area contributed by atoms with Crippen LogP contribution in [-0.4, -0.2) is 27.5 Å². The van der Waals surface area contributed by atoms with Crippen molar-refractivity contribution in [1.82, 2.24) is 15.1 Å². The average molecular weight is 295 g/mol. The summed E-state index contributed by atoms with van der Waals surface area (Å²) in [5.74, 6) is 0.268. The Balaban J connectivity index is 2.16. The number of benzene rings is 1. The van der Waals surface area contributed by atoms with E-state index in [1.165, 1.54) is 5.56 Å². The first-order valence-electron chi connectivity index (χ1n) is 7.61. The van der Waals surface area contributed by atoms with Crippen LogP contribution in [0.4, 0.5) is 0 Å². The SMILES string of the molecule is C=CCN1C(=O)c2n[nH]c(C(C)C)c2C1c1ccc(C)cc1. The molecule has 0 saturated heterocycles. The normalized spacial score (nSPS) is 17.2. The largest absolute Gasteiger partial charge is 0.322 e. The van der Waals surface area contributed by atoms with E-state index in [1.54, 1.807) is 6.08 Å². The first-order chi connectivity index (χ1) is 10.5. The molecule has 114 valence electrons. The van der Waals surface area contributed by atoms with E-state index in [-0.39, 0.29) is 11.9 Å². The monoisotopic (exact) mass is 295 g/mol. The Labute approximate surface area is 130 Å². The van der Waals surface area contributed by atoms with Gasteiger partial charge in [0.05, 0.1) is 6.04 Å². The smallest absolute Gasteiger partial charge is 0.275 e. The number of nitrogens with zero attached hydrogens (tertiary/aromatic N) is 2. The summed E-state index contributed by atoms with van der Waals surface area (Å²) in [4.78, 5) is 14.5. The fraction of sp³-hybridized carbons (Fsp3) is 0.333. The van der Waals surface area contributed by atoms with Gasteiger partial charge in [-0.05, 0) is 18.4 Å². The van der Waals surface area contributed by atoms with Crippen LogP contribution in [0.25, 0.3) is 0 Å². The maximum Gasteiger partial charge on any atom is 0.275 e. The minimum absolute atomic E-state index is 0.0244. The summed E-state index contributed by atoms with van der Waals surface area (Å²) >= 11 is 0.